The maximum Gasteiger partial charge on any atom is 0.280 e. The first-order valence-electron chi connectivity index (χ1n) is 9.04. The van der Waals surface area contributed by atoms with E-state index in [4.69, 9.17) is 4.74 Å². The first-order chi connectivity index (χ1) is 12.5. The fourth-order valence-corrected chi connectivity index (χ4v) is 3.51. The highest BCUT2D eigenvalue weighted by atomic mass is 16.5. The molecular formula is C17H26N6O3. The van der Waals surface area contributed by atoms with Crippen molar-refractivity contribution < 1.29 is 9.84 Å². The van der Waals surface area contributed by atoms with Crippen LogP contribution < -0.4 is 5.56 Å². The highest BCUT2D eigenvalue weighted by Gasteiger charge is 2.44. The summed E-state index contributed by atoms with van der Waals surface area (Å²) >= 11 is 0. The quantitative estimate of drug-likeness (QED) is 0.631. The number of aromatic amines is 1. The molecule has 1 aliphatic heterocycles. The zero-order valence-corrected chi connectivity index (χ0v) is 15.6. The minimum atomic E-state index is -0.411. The zero-order valence-electron chi connectivity index (χ0n) is 15.6. The standard InChI is InChI=1S/C15H20N6O3.C2H6/c1-20(2)6-17-15-18-13-11(14(23)19-15)16-7-21(13)10-5-8-3-4-9(22)12(8)24-10;1-2/h6-10,12,22H,3-5H2,1-2H3,(H,18,19,23);1-2H3/b17-6-;. The lowest BCUT2D eigenvalue weighted by molar-refractivity contribution is -0.0525. The predicted molar refractivity (Wildman–Crippen MR) is 98.6 cm³/mol. The topological polar surface area (TPSA) is 109 Å². The Hall–Kier alpha value is -2.26. The van der Waals surface area contributed by atoms with Crippen LogP contribution >= 0.6 is 0 Å². The summed E-state index contributed by atoms with van der Waals surface area (Å²) in [6, 6.07) is 0. The summed E-state index contributed by atoms with van der Waals surface area (Å²) in [7, 11) is 3.67. The number of aliphatic hydroxyl groups is 1. The van der Waals surface area contributed by atoms with E-state index in [1.807, 2.05) is 27.9 Å². The smallest absolute Gasteiger partial charge is 0.280 e. The van der Waals surface area contributed by atoms with Crippen molar-refractivity contribution in [3.05, 3.63) is 16.7 Å². The van der Waals surface area contributed by atoms with Gasteiger partial charge >= 0.3 is 0 Å². The average Bonchev–Trinajstić information content (AvgIpc) is 3.30. The highest BCUT2D eigenvalue weighted by Crippen LogP contribution is 2.43. The number of imidazole rings is 1. The molecule has 1 aliphatic carbocycles. The zero-order chi connectivity index (χ0) is 18.8. The van der Waals surface area contributed by atoms with Crippen molar-refractivity contribution in [3.63, 3.8) is 0 Å². The van der Waals surface area contributed by atoms with Crippen LogP contribution in [-0.2, 0) is 4.74 Å². The van der Waals surface area contributed by atoms with Gasteiger partial charge in [-0.25, -0.2) is 9.98 Å². The molecule has 0 amide bonds. The minimum absolute atomic E-state index is 0.138. The fraction of sp³-hybridized carbons (Fsp3) is 0.647. The van der Waals surface area contributed by atoms with Crippen molar-refractivity contribution in [2.45, 2.75) is 51.5 Å². The van der Waals surface area contributed by atoms with Crippen molar-refractivity contribution in [2.75, 3.05) is 14.1 Å². The molecule has 2 fully saturated rings. The van der Waals surface area contributed by atoms with Gasteiger partial charge in [-0.1, -0.05) is 13.8 Å². The lowest BCUT2D eigenvalue weighted by Gasteiger charge is -2.16. The van der Waals surface area contributed by atoms with Gasteiger partial charge in [0.25, 0.3) is 5.56 Å². The number of rotatable bonds is 3. The number of ether oxygens (including phenoxy) is 1. The number of hydrogen-bond donors (Lipinski definition) is 2. The SMILES string of the molecule is CC.CN(C)/C=N\c1nc2c(ncn2C2CC3CCC(O)C3O2)c(=O)[nH]1. The summed E-state index contributed by atoms with van der Waals surface area (Å²) in [6.45, 7) is 4.00. The normalized spacial score (nSPS) is 27.6. The van der Waals surface area contributed by atoms with Crippen LogP contribution in [-0.4, -0.2) is 62.2 Å². The van der Waals surface area contributed by atoms with Crippen molar-refractivity contribution in [1.82, 2.24) is 24.4 Å². The van der Waals surface area contributed by atoms with Gasteiger partial charge in [0, 0.05) is 14.1 Å². The van der Waals surface area contributed by atoms with E-state index in [2.05, 4.69) is 19.9 Å². The summed E-state index contributed by atoms with van der Waals surface area (Å²) < 4.78 is 7.77. The molecule has 2 aromatic rings. The number of aliphatic imine (C=N–C) groups is 1. The molecule has 0 aromatic carbocycles. The van der Waals surface area contributed by atoms with Gasteiger partial charge in [-0.15, -0.1) is 0 Å². The molecule has 3 heterocycles. The van der Waals surface area contributed by atoms with Crippen molar-refractivity contribution in [2.24, 2.45) is 10.9 Å². The van der Waals surface area contributed by atoms with E-state index in [1.165, 1.54) is 0 Å². The number of nitrogens with one attached hydrogen (secondary N) is 1. The largest absolute Gasteiger partial charge is 0.390 e. The Balaban J connectivity index is 0.000000948. The van der Waals surface area contributed by atoms with Gasteiger partial charge in [-0.05, 0) is 25.2 Å². The second-order valence-corrected chi connectivity index (χ2v) is 6.62. The van der Waals surface area contributed by atoms with Crippen LogP contribution in [0.5, 0.6) is 0 Å². The predicted octanol–water partition coefficient (Wildman–Crippen LogP) is 1.43. The minimum Gasteiger partial charge on any atom is -0.390 e. The van der Waals surface area contributed by atoms with Crippen molar-refractivity contribution >= 4 is 23.5 Å². The fourth-order valence-electron chi connectivity index (χ4n) is 3.51. The molecule has 4 rings (SSSR count). The molecule has 1 saturated heterocycles. The van der Waals surface area contributed by atoms with Gasteiger partial charge in [0.15, 0.2) is 11.2 Å². The van der Waals surface area contributed by atoms with Gasteiger partial charge in [0.1, 0.15) is 6.23 Å². The van der Waals surface area contributed by atoms with Gasteiger partial charge in [-0.3, -0.25) is 14.3 Å². The van der Waals surface area contributed by atoms with E-state index in [9.17, 15) is 9.90 Å². The molecule has 0 radical (unpaired) electrons. The molecule has 2 N–H and O–H groups in total. The summed E-state index contributed by atoms with van der Waals surface area (Å²) in [5.74, 6) is 0.567. The number of aromatic nitrogens is 4. The summed E-state index contributed by atoms with van der Waals surface area (Å²) in [5.41, 5.74) is 0.381. The second kappa shape index (κ2) is 7.55. The number of H-pyrrole nitrogens is 1. The average molecular weight is 362 g/mol. The third kappa shape index (κ3) is 3.36. The van der Waals surface area contributed by atoms with E-state index in [0.717, 1.165) is 19.3 Å². The monoisotopic (exact) mass is 362 g/mol. The second-order valence-electron chi connectivity index (χ2n) is 6.62. The van der Waals surface area contributed by atoms with Crippen LogP contribution in [0, 0.1) is 5.92 Å². The van der Waals surface area contributed by atoms with Crippen LogP contribution in [0.25, 0.3) is 11.2 Å². The summed E-state index contributed by atoms with van der Waals surface area (Å²) in [5, 5.41) is 9.99. The molecule has 1 saturated carbocycles. The number of fused-ring (bicyclic) bond motifs is 2. The van der Waals surface area contributed by atoms with E-state index < -0.39 is 6.10 Å². The van der Waals surface area contributed by atoms with E-state index in [0.29, 0.717) is 11.6 Å². The Morgan fingerprint density at radius 1 is 1.42 bits per heavy atom. The molecule has 9 heteroatoms. The molecule has 2 aromatic heterocycles. The van der Waals surface area contributed by atoms with E-state index in [-0.39, 0.29) is 29.4 Å². The number of aliphatic hydroxyl groups excluding tert-OH is 1. The van der Waals surface area contributed by atoms with E-state index in [1.54, 1.807) is 22.1 Å². The number of hydrogen-bond acceptors (Lipinski definition) is 6. The Kier molecular flexibility index (Phi) is 5.38. The van der Waals surface area contributed by atoms with Crippen molar-refractivity contribution in [3.8, 4) is 0 Å². The van der Waals surface area contributed by atoms with Crippen molar-refractivity contribution in [1.29, 1.82) is 0 Å². The first kappa shape index (κ1) is 18.5. The Morgan fingerprint density at radius 2 is 2.19 bits per heavy atom. The highest BCUT2D eigenvalue weighted by molar-refractivity contribution is 5.71. The Bertz CT molecular complexity index is 843. The Morgan fingerprint density at radius 3 is 2.88 bits per heavy atom. The molecule has 9 nitrogen and oxygen atoms in total. The summed E-state index contributed by atoms with van der Waals surface area (Å²) in [6.07, 6.45) is 4.86. The molecule has 0 spiro atoms. The van der Waals surface area contributed by atoms with Crippen LogP contribution in [0.3, 0.4) is 0 Å². The first-order valence-corrected chi connectivity index (χ1v) is 9.04. The molecule has 4 unspecified atom stereocenters. The lowest BCUT2D eigenvalue weighted by Crippen LogP contribution is -2.23. The molecular weight excluding hydrogens is 336 g/mol. The molecule has 2 aliphatic rings. The summed E-state index contributed by atoms with van der Waals surface area (Å²) in [4.78, 5) is 29.3. The van der Waals surface area contributed by atoms with E-state index >= 15 is 0 Å². The van der Waals surface area contributed by atoms with Gasteiger partial charge in [-0.2, -0.15) is 4.98 Å². The third-order valence-corrected chi connectivity index (χ3v) is 4.64. The molecule has 26 heavy (non-hydrogen) atoms. The maximum atomic E-state index is 12.2. The Labute approximate surface area is 151 Å². The molecule has 4 atom stereocenters. The molecule has 142 valence electrons. The van der Waals surface area contributed by atoms with Crippen LogP contribution in [0.4, 0.5) is 5.95 Å². The molecule has 0 bridgehead atoms. The van der Waals surface area contributed by atoms with Crippen LogP contribution in [0.2, 0.25) is 0 Å². The number of nitrogens with zero attached hydrogens (tertiary/aromatic N) is 5. The van der Waals surface area contributed by atoms with Crippen LogP contribution in [0.15, 0.2) is 16.1 Å². The van der Waals surface area contributed by atoms with Crippen LogP contribution in [0.1, 0.15) is 39.3 Å². The van der Waals surface area contributed by atoms with Gasteiger partial charge < -0.3 is 14.7 Å². The lowest BCUT2D eigenvalue weighted by atomic mass is 10.0. The maximum absolute atomic E-state index is 12.2. The van der Waals surface area contributed by atoms with Gasteiger partial charge in [0.05, 0.1) is 24.9 Å². The van der Waals surface area contributed by atoms with Gasteiger partial charge in [0.2, 0.25) is 5.95 Å². The third-order valence-electron chi connectivity index (χ3n) is 4.64.